The van der Waals surface area contributed by atoms with E-state index in [1.165, 1.54) is 5.56 Å². The van der Waals surface area contributed by atoms with Gasteiger partial charge in [-0.1, -0.05) is 25.1 Å². The molecule has 3 N–H and O–H groups in total. The van der Waals surface area contributed by atoms with E-state index in [1.807, 2.05) is 39.0 Å². The molecule has 0 aliphatic heterocycles. The lowest BCUT2D eigenvalue weighted by atomic mass is 10.1. The summed E-state index contributed by atoms with van der Waals surface area (Å²) in [4.78, 5) is 11.5. The summed E-state index contributed by atoms with van der Waals surface area (Å²) in [5.41, 5.74) is 1.72. The monoisotopic (exact) mass is 323 g/mol. The number of nitrogens with one attached hydrogen (secondary N) is 3. The van der Waals surface area contributed by atoms with Gasteiger partial charge in [-0.2, -0.15) is 0 Å². The molecule has 0 atom stereocenters. The fraction of sp³-hybridized carbons (Fsp3) is 0.500. The molecule has 0 heterocycles. The molecule has 0 saturated heterocycles. The Hall–Kier alpha value is -1.82. The van der Waals surface area contributed by atoms with E-state index >= 15 is 0 Å². The van der Waals surface area contributed by atoms with Crippen LogP contribution in [0.3, 0.4) is 0 Å². The second-order valence-electron chi connectivity index (χ2n) is 5.82. The van der Waals surface area contributed by atoms with Gasteiger partial charge in [0.15, 0.2) is 5.11 Å². The van der Waals surface area contributed by atoms with Gasteiger partial charge in [-0.3, -0.25) is 0 Å². The zero-order valence-corrected chi connectivity index (χ0v) is 14.5. The lowest BCUT2D eigenvalue weighted by molar-refractivity contribution is 0.0529. The van der Waals surface area contributed by atoms with Crippen LogP contribution in [0.25, 0.3) is 0 Å². The van der Waals surface area contributed by atoms with Crippen molar-refractivity contribution < 1.29 is 9.53 Å². The lowest BCUT2D eigenvalue weighted by Gasteiger charge is -2.20. The van der Waals surface area contributed by atoms with Crippen LogP contribution in [-0.4, -0.2) is 29.9 Å². The normalized spacial score (nSPS) is 10.7. The van der Waals surface area contributed by atoms with Gasteiger partial charge in [0.25, 0.3) is 0 Å². The Bertz CT molecular complexity index is 512. The van der Waals surface area contributed by atoms with Crippen LogP contribution in [0, 0.1) is 0 Å². The molecule has 5 nitrogen and oxygen atoms in total. The summed E-state index contributed by atoms with van der Waals surface area (Å²) in [7, 11) is 0. The topological polar surface area (TPSA) is 62.4 Å². The van der Waals surface area contributed by atoms with E-state index in [4.69, 9.17) is 17.0 Å². The van der Waals surface area contributed by atoms with E-state index in [-0.39, 0.29) is 0 Å². The molecule has 0 unspecified atom stereocenters. The first kappa shape index (κ1) is 18.2. The van der Waals surface area contributed by atoms with Gasteiger partial charge in [-0.25, -0.2) is 4.79 Å². The highest BCUT2D eigenvalue weighted by atomic mass is 32.1. The van der Waals surface area contributed by atoms with Crippen molar-refractivity contribution in [2.24, 2.45) is 0 Å². The van der Waals surface area contributed by atoms with Gasteiger partial charge in [-0.05, 0) is 51.0 Å². The summed E-state index contributed by atoms with van der Waals surface area (Å²) in [5, 5.41) is 9.42. The standard InChI is InChI=1S/C16H25N3O2S/c1-5-12-8-6-7-9-13(12)19-14(22)17-10-11-18-15(20)21-16(2,3)4/h6-9H,5,10-11H2,1-4H3,(H,18,20)(H2,17,19,22). The van der Waals surface area contributed by atoms with Crippen molar-refractivity contribution in [1.29, 1.82) is 0 Å². The molecule has 122 valence electrons. The number of amides is 1. The Morgan fingerprint density at radius 3 is 2.45 bits per heavy atom. The highest BCUT2D eigenvalue weighted by Gasteiger charge is 2.15. The number of carbonyl (C=O) groups excluding carboxylic acids is 1. The van der Waals surface area contributed by atoms with Gasteiger partial charge in [0.05, 0.1) is 0 Å². The van der Waals surface area contributed by atoms with E-state index in [9.17, 15) is 4.79 Å². The third kappa shape index (κ3) is 7.26. The molecule has 1 aromatic carbocycles. The molecule has 1 rings (SSSR count). The summed E-state index contributed by atoms with van der Waals surface area (Å²) in [6.45, 7) is 8.55. The molecule has 0 saturated carbocycles. The Labute approximate surface area is 137 Å². The molecule has 1 aromatic rings. The Morgan fingerprint density at radius 1 is 1.18 bits per heavy atom. The molecule has 0 aliphatic rings. The number of anilines is 1. The number of ether oxygens (including phenoxy) is 1. The van der Waals surface area contributed by atoms with Crippen molar-refractivity contribution in [1.82, 2.24) is 10.6 Å². The van der Waals surface area contributed by atoms with Gasteiger partial charge in [0.2, 0.25) is 0 Å². The van der Waals surface area contributed by atoms with Gasteiger partial charge in [0, 0.05) is 18.8 Å². The molecule has 0 aliphatic carbocycles. The number of hydrogen-bond acceptors (Lipinski definition) is 3. The maximum Gasteiger partial charge on any atom is 0.407 e. The number of aryl methyl sites for hydroxylation is 1. The predicted octanol–water partition coefficient (Wildman–Crippen LogP) is 3.06. The summed E-state index contributed by atoms with van der Waals surface area (Å²) in [6, 6.07) is 8.03. The van der Waals surface area contributed by atoms with E-state index in [0.717, 1.165) is 12.1 Å². The summed E-state index contributed by atoms with van der Waals surface area (Å²) in [5.74, 6) is 0. The Balaban J connectivity index is 2.28. The number of para-hydroxylation sites is 1. The number of benzene rings is 1. The summed E-state index contributed by atoms with van der Waals surface area (Å²) in [6.07, 6.45) is 0.510. The van der Waals surface area contributed by atoms with Crippen molar-refractivity contribution >= 4 is 29.1 Å². The van der Waals surface area contributed by atoms with Crippen molar-refractivity contribution in [3.63, 3.8) is 0 Å². The smallest absolute Gasteiger partial charge is 0.407 e. The van der Waals surface area contributed by atoms with Crippen LogP contribution < -0.4 is 16.0 Å². The molecule has 0 radical (unpaired) electrons. The maximum atomic E-state index is 11.5. The quantitative estimate of drug-likeness (QED) is 0.574. The Morgan fingerprint density at radius 2 is 1.82 bits per heavy atom. The molecular weight excluding hydrogens is 298 g/mol. The third-order valence-corrected chi connectivity index (χ3v) is 2.97. The minimum atomic E-state index is -0.488. The SMILES string of the molecule is CCc1ccccc1NC(=S)NCCNC(=O)OC(C)(C)C. The first-order chi connectivity index (χ1) is 10.3. The number of carbonyl (C=O) groups is 1. The van der Waals surface area contributed by atoms with Gasteiger partial charge in [0.1, 0.15) is 5.60 Å². The van der Waals surface area contributed by atoms with E-state index in [0.29, 0.717) is 18.2 Å². The predicted molar refractivity (Wildman–Crippen MR) is 94.3 cm³/mol. The molecular formula is C16H25N3O2S. The van der Waals surface area contributed by atoms with Crippen LogP contribution in [0.1, 0.15) is 33.3 Å². The van der Waals surface area contributed by atoms with Crippen LogP contribution in [0.2, 0.25) is 0 Å². The minimum Gasteiger partial charge on any atom is -0.444 e. The molecule has 22 heavy (non-hydrogen) atoms. The average Bonchev–Trinajstić information content (AvgIpc) is 2.42. The van der Waals surface area contributed by atoms with Crippen LogP contribution in [0.15, 0.2) is 24.3 Å². The second-order valence-corrected chi connectivity index (χ2v) is 6.23. The highest BCUT2D eigenvalue weighted by Crippen LogP contribution is 2.14. The lowest BCUT2D eigenvalue weighted by Crippen LogP contribution is -2.39. The summed E-state index contributed by atoms with van der Waals surface area (Å²) >= 11 is 5.24. The third-order valence-electron chi connectivity index (χ3n) is 2.73. The van der Waals surface area contributed by atoms with Gasteiger partial charge >= 0.3 is 6.09 Å². The van der Waals surface area contributed by atoms with E-state index in [2.05, 4.69) is 28.9 Å². The van der Waals surface area contributed by atoms with E-state index in [1.54, 1.807) is 0 Å². The van der Waals surface area contributed by atoms with Gasteiger partial charge < -0.3 is 20.7 Å². The summed E-state index contributed by atoms with van der Waals surface area (Å²) < 4.78 is 5.14. The number of rotatable bonds is 5. The first-order valence-corrected chi connectivity index (χ1v) is 7.82. The van der Waals surface area contributed by atoms with Crippen molar-refractivity contribution in [2.75, 3.05) is 18.4 Å². The van der Waals surface area contributed by atoms with Crippen LogP contribution in [0.5, 0.6) is 0 Å². The molecule has 0 fully saturated rings. The Kier molecular flexibility index (Phi) is 7.11. The van der Waals surface area contributed by atoms with Crippen LogP contribution in [-0.2, 0) is 11.2 Å². The first-order valence-electron chi connectivity index (χ1n) is 7.41. The second kappa shape index (κ2) is 8.58. The fourth-order valence-electron chi connectivity index (χ4n) is 1.77. The molecule has 0 aromatic heterocycles. The molecule has 0 spiro atoms. The maximum absolute atomic E-state index is 11.5. The average molecular weight is 323 g/mol. The van der Waals surface area contributed by atoms with Gasteiger partial charge in [-0.15, -0.1) is 0 Å². The molecule has 6 heteroatoms. The van der Waals surface area contributed by atoms with Crippen molar-refractivity contribution in [2.45, 2.75) is 39.7 Å². The van der Waals surface area contributed by atoms with Crippen LogP contribution >= 0.6 is 12.2 Å². The largest absolute Gasteiger partial charge is 0.444 e. The van der Waals surface area contributed by atoms with Crippen LogP contribution in [0.4, 0.5) is 10.5 Å². The van der Waals surface area contributed by atoms with Crippen molar-refractivity contribution in [3.8, 4) is 0 Å². The zero-order valence-electron chi connectivity index (χ0n) is 13.7. The zero-order chi connectivity index (χ0) is 16.6. The van der Waals surface area contributed by atoms with Crippen molar-refractivity contribution in [3.05, 3.63) is 29.8 Å². The molecule has 1 amide bonds. The number of alkyl carbamates (subject to hydrolysis) is 1. The number of thiocarbonyl (C=S) groups is 1. The number of hydrogen-bond donors (Lipinski definition) is 3. The minimum absolute atomic E-state index is 0.426. The fourth-order valence-corrected chi connectivity index (χ4v) is 1.98. The highest BCUT2D eigenvalue weighted by molar-refractivity contribution is 7.80. The molecule has 0 bridgehead atoms. The van der Waals surface area contributed by atoms with E-state index < -0.39 is 11.7 Å².